The lowest BCUT2D eigenvalue weighted by Gasteiger charge is -2.33. The first-order valence-electron chi connectivity index (χ1n) is 8.71. The smallest absolute Gasteiger partial charge is 0.193 e. The number of piperidine rings is 1. The molecule has 1 N–H and O–H groups in total. The summed E-state index contributed by atoms with van der Waals surface area (Å²) in [6.45, 7) is 11.7. The first kappa shape index (κ1) is 16.8. The fraction of sp³-hybridized carbons (Fsp3) is 0.765. The molecule has 5 nitrogen and oxygen atoms in total. The van der Waals surface area contributed by atoms with Gasteiger partial charge in [-0.2, -0.15) is 0 Å². The molecule has 0 spiro atoms. The van der Waals surface area contributed by atoms with Gasteiger partial charge < -0.3 is 14.8 Å². The fourth-order valence-corrected chi connectivity index (χ4v) is 3.03. The van der Waals surface area contributed by atoms with Gasteiger partial charge in [0.15, 0.2) is 5.96 Å². The molecule has 1 aromatic heterocycles. The van der Waals surface area contributed by atoms with Crippen molar-refractivity contribution in [2.45, 2.75) is 53.0 Å². The van der Waals surface area contributed by atoms with Gasteiger partial charge in [-0.25, -0.2) is 4.98 Å². The van der Waals surface area contributed by atoms with Crippen LogP contribution in [0.2, 0.25) is 0 Å². The van der Waals surface area contributed by atoms with Gasteiger partial charge in [-0.3, -0.25) is 4.99 Å². The molecule has 1 atom stereocenters. The fourth-order valence-electron chi connectivity index (χ4n) is 3.03. The van der Waals surface area contributed by atoms with Crippen LogP contribution in [0, 0.1) is 12.8 Å². The predicted molar refractivity (Wildman–Crippen MR) is 92.1 cm³/mol. The topological polar surface area (TPSA) is 45.5 Å². The Hall–Kier alpha value is -1.52. The van der Waals surface area contributed by atoms with Crippen molar-refractivity contribution < 1.29 is 0 Å². The molecule has 1 unspecified atom stereocenters. The molecule has 1 aromatic rings. The first-order chi connectivity index (χ1) is 10.7. The van der Waals surface area contributed by atoms with Crippen LogP contribution in [-0.2, 0) is 6.54 Å². The summed E-state index contributed by atoms with van der Waals surface area (Å²) in [6.07, 6.45) is 8.82. The average Bonchev–Trinajstić information content (AvgIpc) is 2.91. The normalized spacial score (nSPS) is 19.5. The van der Waals surface area contributed by atoms with Gasteiger partial charge in [0.1, 0.15) is 5.82 Å². The second kappa shape index (κ2) is 8.81. The first-order valence-corrected chi connectivity index (χ1v) is 8.71. The number of aliphatic imine (C=N–C) groups is 1. The summed E-state index contributed by atoms with van der Waals surface area (Å²) in [4.78, 5) is 11.5. The molecule has 124 valence electrons. The zero-order valence-electron chi connectivity index (χ0n) is 14.4. The van der Waals surface area contributed by atoms with Gasteiger partial charge in [0.25, 0.3) is 0 Å². The maximum absolute atomic E-state index is 4.82. The van der Waals surface area contributed by atoms with E-state index >= 15 is 0 Å². The van der Waals surface area contributed by atoms with E-state index in [0.717, 1.165) is 63.3 Å². The molecule has 22 heavy (non-hydrogen) atoms. The molecular weight excluding hydrogens is 274 g/mol. The van der Waals surface area contributed by atoms with Crippen LogP contribution in [0.15, 0.2) is 17.4 Å². The molecule has 2 heterocycles. The third kappa shape index (κ3) is 5.04. The van der Waals surface area contributed by atoms with Crippen molar-refractivity contribution in [3.8, 4) is 0 Å². The molecule has 0 amide bonds. The monoisotopic (exact) mass is 305 g/mol. The molecule has 1 fully saturated rings. The van der Waals surface area contributed by atoms with Gasteiger partial charge >= 0.3 is 0 Å². The molecule has 0 aliphatic carbocycles. The van der Waals surface area contributed by atoms with Crippen LogP contribution in [0.1, 0.15) is 45.4 Å². The van der Waals surface area contributed by atoms with Crippen LogP contribution < -0.4 is 5.32 Å². The highest BCUT2D eigenvalue weighted by Gasteiger charge is 2.18. The summed E-state index contributed by atoms with van der Waals surface area (Å²) in [5.41, 5.74) is 0. The highest BCUT2D eigenvalue weighted by atomic mass is 15.3. The lowest BCUT2D eigenvalue weighted by atomic mass is 10.0. The van der Waals surface area contributed by atoms with E-state index in [9.17, 15) is 0 Å². The van der Waals surface area contributed by atoms with Gasteiger partial charge in [0.2, 0.25) is 0 Å². The third-order valence-electron chi connectivity index (χ3n) is 4.28. The van der Waals surface area contributed by atoms with Crippen LogP contribution in [0.25, 0.3) is 0 Å². The number of likely N-dealkylation sites (tertiary alicyclic amines) is 1. The second-order valence-electron chi connectivity index (χ2n) is 6.30. The zero-order valence-corrected chi connectivity index (χ0v) is 14.4. The van der Waals surface area contributed by atoms with E-state index in [-0.39, 0.29) is 0 Å². The Labute approximate surface area is 134 Å². The number of hydrogen-bond acceptors (Lipinski definition) is 2. The number of nitrogens with zero attached hydrogens (tertiary/aromatic N) is 4. The van der Waals surface area contributed by atoms with Crippen LogP contribution in [0.5, 0.6) is 0 Å². The Morgan fingerprint density at radius 2 is 2.32 bits per heavy atom. The average molecular weight is 305 g/mol. The van der Waals surface area contributed by atoms with Crippen molar-refractivity contribution in [2.75, 3.05) is 26.2 Å². The number of nitrogens with one attached hydrogen (secondary N) is 1. The van der Waals surface area contributed by atoms with Crippen molar-refractivity contribution >= 4 is 5.96 Å². The number of aromatic nitrogens is 2. The maximum Gasteiger partial charge on any atom is 0.193 e. The standard InChI is InChI=1S/C17H31N5/c1-4-18-17(22-12-7-8-15(2)14-22)20-9-5-6-11-21-13-10-19-16(21)3/h10,13,15H,4-9,11-12,14H2,1-3H3,(H,18,20). The Morgan fingerprint density at radius 3 is 3.00 bits per heavy atom. The van der Waals surface area contributed by atoms with Crippen molar-refractivity contribution in [1.82, 2.24) is 19.8 Å². The summed E-state index contributed by atoms with van der Waals surface area (Å²) in [7, 11) is 0. The Balaban J connectivity index is 1.76. The summed E-state index contributed by atoms with van der Waals surface area (Å²) in [5, 5.41) is 3.45. The van der Waals surface area contributed by atoms with E-state index in [1.165, 1.54) is 12.8 Å². The summed E-state index contributed by atoms with van der Waals surface area (Å²) >= 11 is 0. The molecule has 5 heteroatoms. The lowest BCUT2D eigenvalue weighted by molar-refractivity contribution is 0.266. The number of aryl methyl sites for hydroxylation is 2. The van der Waals surface area contributed by atoms with Crippen molar-refractivity contribution in [2.24, 2.45) is 10.9 Å². The molecule has 1 aliphatic rings. The minimum absolute atomic E-state index is 0.779. The van der Waals surface area contributed by atoms with E-state index in [0.29, 0.717) is 0 Å². The van der Waals surface area contributed by atoms with E-state index in [4.69, 9.17) is 4.99 Å². The Bertz CT molecular complexity index is 465. The lowest BCUT2D eigenvalue weighted by Crippen LogP contribution is -2.46. The summed E-state index contributed by atoms with van der Waals surface area (Å²) < 4.78 is 2.21. The Morgan fingerprint density at radius 1 is 1.45 bits per heavy atom. The second-order valence-corrected chi connectivity index (χ2v) is 6.30. The van der Waals surface area contributed by atoms with Gasteiger partial charge in [-0.15, -0.1) is 0 Å². The SMILES string of the molecule is CCNC(=NCCCCn1ccnc1C)N1CCCC(C)C1. The molecule has 0 aromatic carbocycles. The molecule has 0 saturated carbocycles. The van der Waals surface area contributed by atoms with E-state index in [1.54, 1.807) is 0 Å². The highest BCUT2D eigenvalue weighted by molar-refractivity contribution is 5.80. The number of unbranched alkanes of at least 4 members (excludes halogenated alkanes) is 1. The molecule has 0 radical (unpaired) electrons. The largest absolute Gasteiger partial charge is 0.357 e. The quantitative estimate of drug-likeness (QED) is 0.499. The third-order valence-corrected chi connectivity index (χ3v) is 4.28. The molecule has 2 rings (SSSR count). The van der Waals surface area contributed by atoms with E-state index < -0.39 is 0 Å². The van der Waals surface area contributed by atoms with Crippen molar-refractivity contribution in [3.05, 3.63) is 18.2 Å². The number of hydrogen-bond donors (Lipinski definition) is 1. The van der Waals surface area contributed by atoms with Crippen molar-refractivity contribution in [3.63, 3.8) is 0 Å². The minimum Gasteiger partial charge on any atom is -0.357 e. The van der Waals surface area contributed by atoms with Crippen LogP contribution in [0.4, 0.5) is 0 Å². The van der Waals surface area contributed by atoms with E-state index in [1.807, 2.05) is 6.20 Å². The summed E-state index contributed by atoms with van der Waals surface area (Å²) in [6, 6.07) is 0. The van der Waals surface area contributed by atoms with Gasteiger partial charge in [0, 0.05) is 45.1 Å². The predicted octanol–water partition coefficient (Wildman–Crippen LogP) is 2.67. The van der Waals surface area contributed by atoms with Crippen LogP contribution in [0.3, 0.4) is 0 Å². The highest BCUT2D eigenvalue weighted by Crippen LogP contribution is 2.15. The number of rotatable bonds is 6. The van der Waals surface area contributed by atoms with Crippen molar-refractivity contribution in [1.29, 1.82) is 0 Å². The molecular formula is C17H31N5. The van der Waals surface area contributed by atoms with Gasteiger partial charge in [-0.1, -0.05) is 6.92 Å². The zero-order chi connectivity index (χ0) is 15.8. The summed E-state index contributed by atoms with van der Waals surface area (Å²) in [5.74, 6) is 2.98. The Kier molecular flexibility index (Phi) is 6.74. The van der Waals surface area contributed by atoms with Gasteiger partial charge in [-0.05, 0) is 45.4 Å². The minimum atomic E-state index is 0.779. The number of guanidine groups is 1. The number of imidazole rings is 1. The molecule has 0 bridgehead atoms. The van der Waals surface area contributed by atoms with E-state index in [2.05, 4.69) is 46.7 Å². The van der Waals surface area contributed by atoms with Crippen LogP contribution >= 0.6 is 0 Å². The molecule has 1 saturated heterocycles. The maximum atomic E-state index is 4.82. The van der Waals surface area contributed by atoms with Crippen LogP contribution in [-0.4, -0.2) is 46.6 Å². The molecule has 1 aliphatic heterocycles. The van der Waals surface area contributed by atoms with Gasteiger partial charge in [0.05, 0.1) is 0 Å².